The number of amides is 3. The highest BCUT2D eigenvalue weighted by Crippen LogP contribution is 1.86. The summed E-state index contributed by atoms with van der Waals surface area (Å²) >= 11 is 0. The lowest BCUT2D eigenvalue weighted by Gasteiger charge is -2.15. The molecule has 0 heterocycles. The van der Waals surface area contributed by atoms with Crippen LogP contribution in [0.4, 0.5) is 4.79 Å². The van der Waals surface area contributed by atoms with Gasteiger partial charge in [-0.05, 0) is 27.8 Å². The van der Waals surface area contributed by atoms with Gasteiger partial charge >= 0.3 is 12.0 Å². The lowest BCUT2D eigenvalue weighted by Crippen LogP contribution is -2.46. The second-order valence-corrected chi connectivity index (χ2v) is 4.15. The van der Waals surface area contributed by atoms with E-state index < -0.39 is 17.9 Å². The van der Waals surface area contributed by atoms with Crippen molar-refractivity contribution in [2.45, 2.75) is 26.8 Å². The summed E-state index contributed by atoms with van der Waals surface area (Å²) in [5.41, 5.74) is 0. The number of likely N-dealkylation sites (N-methyl/N-ethyl adjacent to an activating group) is 1. The predicted octanol–water partition coefficient (Wildman–Crippen LogP) is -0.284. The van der Waals surface area contributed by atoms with Crippen LogP contribution in [0.5, 0.6) is 0 Å². The number of carbonyl (C=O) groups is 3. The summed E-state index contributed by atoms with van der Waals surface area (Å²) in [4.78, 5) is 35.2. The first-order valence-electron chi connectivity index (χ1n) is 5.79. The number of rotatable bonds is 6. The highest BCUT2D eigenvalue weighted by atomic mass is 16.5. The number of hydrogen-bond acceptors (Lipinski definition) is 5. The number of esters is 1. The Morgan fingerprint density at radius 2 is 1.83 bits per heavy atom. The van der Waals surface area contributed by atoms with Crippen LogP contribution in [0.2, 0.25) is 0 Å². The van der Waals surface area contributed by atoms with E-state index in [0.717, 1.165) is 0 Å². The summed E-state index contributed by atoms with van der Waals surface area (Å²) in [6, 6.07) is -0.588. The first-order valence-corrected chi connectivity index (χ1v) is 5.79. The van der Waals surface area contributed by atoms with Crippen LogP contribution in [0.15, 0.2) is 0 Å². The van der Waals surface area contributed by atoms with Gasteiger partial charge in [0.25, 0.3) is 0 Å². The summed E-state index contributed by atoms with van der Waals surface area (Å²) in [5, 5.41) is 4.69. The minimum absolute atomic E-state index is 0.00700. The molecule has 0 rings (SSSR count). The average molecular weight is 259 g/mol. The van der Waals surface area contributed by atoms with E-state index in [1.165, 1.54) is 4.90 Å². The second kappa shape index (κ2) is 8.46. The van der Waals surface area contributed by atoms with Crippen molar-refractivity contribution in [1.82, 2.24) is 15.5 Å². The molecular weight excluding hydrogens is 238 g/mol. The molecule has 0 unspecified atom stereocenters. The fraction of sp³-hybridized carbons (Fsp3) is 0.727. The molecule has 0 atom stereocenters. The summed E-state index contributed by atoms with van der Waals surface area (Å²) in [6.07, 6.45) is 0. The maximum absolute atomic E-state index is 11.4. The van der Waals surface area contributed by atoms with Crippen molar-refractivity contribution in [3.8, 4) is 0 Å². The molecule has 0 aliphatic heterocycles. The number of hydrogen-bond donors (Lipinski definition) is 2. The summed E-state index contributed by atoms with van der Waals surface area (Å²) in [7, 11) is 1.59. The smallest absolute Gasteiger partial charge is 0.321 e. The Morgan fingerprint density at radius 1 is 1.22 bits per heavy atom. The van der Waals surface area contributed by atoms with E-state index >= 15 is 0 Å². The molecule has 0 aromatic rings. The minimum atomic E-state index is -0.542. The standard InChI is InChI=1S/C11H21N3O4/c1-5-18-10(16)7-14(4)6-9(15)13-11(17)12-8(2)3/h8H,5-7H2,1-4H3,(H2,12,13,15,17). The molecule has 0 aromatic heterocycles. The van der Waals surface area contributed by atoms with Gasteiger partial charge in [0.2, 0.25) is 5.91 Å². The van der Waals surface area contributed by atoms with Crippen LogP contribution in [-0.2, 0) is 14.3 Å². The molecule has 0 radical (unpaired) electrons. The van der Waals surface area contributed by atoms with Crippen molar-refractivity contribution >= 4 is 17.9 Å². The molecule has 18 heavy (non-hydrogen) atoms. The van der Waals surface area contributed by atoms with Gasteiger partial charge in [0.1, 0.15) is 0 Å². The molecule has 0 saturated carbocycles. The zero-order valence-electron chi connectivity index (χ0n) is 11.3. The van der Waals surface area contributed by atoms with Crippen LogP contribution in [0.3, 0.4) is 0 Å². The van der Waals surface area contributed by atoms with Crippen molar-refractivity contribution in [1.29, 1.82) is 0 Å². The van der Waals surface area contributed by atoms with Gasteiger partial charge in [-0.1, -0.05) is 0 Å². The molecule has 7 heteroatoms. The van der Waals surface area contributed by atoms with Crippen molar-refractivity contribution in [3.63, 3.8) is 0 Å². The summed E-state index contributed by atoms with van der Waals surface area (Å²) < 4.78 is 4.74. The van der Waals surface area contributed by atoms with Gasteiger partial charge in [-0.25, -0.2) is 4.79 Å². The highest BCUT2D eigenvalue weighted by molar-refractivity contribution is 5.95. The fourth-order valence-electron chi connectivity index (χ4n) is 1.19. The largest absolute Gasteiger partial charge is 0.465 e. The van der Waals surface area contributed by atoms with Gasteiger partial charge in [0.05, 0.1) is 19.7 Å². The van der Waals surface area contributed by atoms with Gasteiger partial charge < -0.3 is 10.1 Å². The average Bonchev–Trinajstić information content (AvgIpc) is 2.14. The van der Waals surface area contributed by atoms with E-state index in [1.54, 1.807) is 27.8 Å². The van der Waals surface area contributed by atoms with Crippen molar-refractivity contribution in [2.24, 2.45) is 0 Å². The molecule has 0 aliphatic rings. The Bertz CT molecular complexity index is 305. The summed E-state index contributed by atoms with van der Waals surface area (Å²) in [6.45, 7) is 5.54. The number of imide groups is 1. The van der Waals surface area contributed by atoms with Crippen LogP contribution in [0.25, 0.3) is 0 Å². The SMILES string of the molecule is CCOC(=O)CN(C)CC(=O)NC(=O)NC(C)C. The first kappa shape index (κ1) is 16.4. The first-order chi connectivity index (χ1) is 8.35. The number of ether oxygens (including phenoxy) is 1. The van der Waals surface area contributed by atoms with Crippen LogP contribution >= 0.6 is 0 Å². The molecule has 2 N–H and O–H groups in total. The van der Waals surface area contributed by atoms with Gasteiger partial charge in [-0.2, -0.15) is 0 Å². The normalized spacial score (nSPS) is 10.3. The Labute approximate surface area is 107 Å². The van der Waals surface area contributed by atoms with Gasteiger partial charge in [-0.3, -0.25) is 19.8 Å². The quantitative estimate of drug-likeness (QED) is 0.640. The van der Waals surface area contributed by atoms with E-state index in [9.17, 15) is 14.4 Å². The van der Waals surface area contributed by atoms with Gasteiger partial charge in [-0.15, -0.1) is 0 Å². The third kappa shape index (κ3) is 8.51. The molecule has 3 amide bonds. The van der Waals surface area contributed by atoms with Crippen molar-refractivity contribution in [2.75, 3.05) is 26.7 Å². The second-order valence-electron chi connectivity index (χ2n) is 4.15. The monoisotopic (exact) mass is 259 g/mol. The number of nitrogens with zero attached hydrogens (tertiary/aromatic N) is 1. The zero-order valence-corrected chi connectivity index (χ0v) is 11.3. The third-order valence-corrected chi connectivity index (χ3v) is 1.79. The maximum Gasteiger partial charge on any atom is 0.321 e. The van der Waals surface area contributed by atoms with E-state index in [-0.39, 0.29) is 19.1 Å². The van der Waals surface area contributed by atoms with Crippen molar-refractivity contribution < 1.29 is 19.1 Å². The molecule has 0 bridgehead atoms. The predicted molar refractivity (Wildman–Crippen MR) is 65.9 cm³/mol. The third-order valence-electron chi connectivity index (χ3n) is 1.79. The van der Waals surface area contributed by atoms with E-state index in [4.69, 9.17) is 4.74 Å². The molecule has 0 fully saturated rings. The van der Waals surface area contributed by atoms with Crippen LogP contribution < -0.4 is 10.6 Å². The number of nitrogens with one attached hydrogen (secondary N) is 2. The Hall–Kier alpha value is -1.63. The topological polar surface area (TPSA) is 87.7 Å². The fourth-order valence-corrected chi connectivity index (χ4v) is 1.19. The van der Waals surface area contributed by atoms with E-state index in [2.05, 4.69) is 10.6 Å². The van der Waals surface area contributed by atoms with Crippen molar-refractivity contribution in [3.05, 3.63) is 0 Å². The lowest BCUT2D eigenvalue weighted by atomic mass is 10.4. The molecule has 0 saturated heterocycles. The molecule has 7 nitrogen and oxygen atoms in total. The van der Waals surface area contributed by atoms with Crippen LogP contribution in [0.1, 0.15) is 20.8 Å². The molecule has 0 spiro atoms. The number of urea groups is 1. The zero-order chi connectivity index (χ0) is 14.1. The highest BCUT2D eigenvalue weighted by Gasteiger charge is 2.13. The van der Waals surface area contributed by atoms with Gasteiger partial charge in [0, 0.05) is 6.04 Å². The van der Waals surface area contributed by atoms with Gasteiger partial charge in [0.15, 0.2) is 0 Å². The molecule has 0 aromatic carbocycles. The van der Waals surface area contributed by atoms with Crippen LogP contribution in [0, 0.1) is 0 Å². The Morgan fingerprint density at radius 3 is 2.33 bits per heavy atom. The number of carbonyl (C=O) groups excluding carboxylic acids is 3. The molecular formula is C11H21N3O4. The maximum atomic E-state index is 11.4. The molecule has 0 aliphatic carbocycles. The van der Waals surface area contributed by atoms with Crippen LogP contribution in [-0.4, -0.2) is 55.6 Å². The lowest BCUT2D eigenvalue weighted by molar-refractivity contribution is -0.144. The van der Waals surface area contributed by atoms with E-state index in [0.29, 0.717) is 6.61 Å². The van der Waals surface area contributed by atoms with E-state index in [1.807, 2.05) is 0 Å². The molecule has 104 valence electrons. The summed E-state index contributed by atoms with van der Waals surface area (Å²) in [5.74, 6) is -0.876. The Kier molecular flexibility index (Phi) is 7.69. The minimum Gasteiger partial charge on any atom is -0.465 e. The Balaban J connectivity index is 3.93.